The average molecular weight is 393 g/mol. The number of ether oxygens (including phenoxy) is 1. The highest BCUT2D eigenvalue weighted by molar-refractivity contribution is 6.32. The highest BCUT2D eigenvalue weighted by Gasteiger charge is 2.23. The number of amides is 3. The molecule has 0 spiro atoms. The molecule has 1 heterocycles. The lowest BCUT2D eigenvalue weighted by atomic mass is 10.2. The minimum absolute atomic E-state index is 0.0898. The Balaban J connectivity index is 1.98. The Labute approximate surface area is 161 Å². The van der Waals surface area contributed by atoms with Crippen molar-refractivity contribution in [1.82, 2.24) is 20.4 Å². The van der Waals surface area contributed by atoms with E-state index in [-0.39, 0.29) is 16.8 Å². The molecule has 144 valence electrons. The second-order valence-electron chi connectivity index (χ2n) is 6.15. The minimum atomic E-state index is -0.781. The molecule has 0 atom stereocenters. The standard InChI is InChI=1S/C18H21ClN4O4/c1-11(2)20-18(26)21-14(24)10-27-17(25)15-12(3)22-23(16(15)19)9-13-7-5-4-6-8-13/h4-8,11H,9-10H2,1-3H3,(H2,20,21,24,26). The van der Waals surface area contributed by atoms with Crippen molar-refractivity contribution in [3.63, 3.8) is 0 Å². The van der Waals surface area contributed by atoms with E-state index in [2.05, 4.69) is 15.7 Å². The first-order chi connectivity index (χ1) is 12.8. The summed E-state index contributed by atoms with van der Waals surface area (Å²) in [5.74, 6) is -1.52. The lowest BCUT2D eigenvalue weighted by Gasteiger charge is -2.09. The zero-order valence-corrected chi connectivity index (χ0v) is 16.0. The van der Waals surface area contributed by atoms with E-state index in [9.17, 15) is 14.4 Å². The first-order valence-corrected chi connectivity index (χ1v) is 8.70. The third-order valence-electron chi connectivity index (χ3n) is 3.45. The summed E-state index contributed by atoms with van der Waals surface area (Å²) in [6, 6.07) is 8.73. The van der Waals surface area contributed by atoms with Crippen LogP contribution < -0.4 is 10.6 Å². The van der Waals surface area contributed by atoms with Gasteiger partial charge in [0.15, 0.2) is 6.61 Å². The largest absolute Gasteiger partial charge is 0.452 e. The molecule has 0 aliphatic heterocycles. The van der Waals surface area contributed by atoms with Crippen LogP contribution in [0.15, 0.2) is 30.3 Å². The zero-order valence-electron chi connectivity index (χ0n) is 15.3. The van der Waals surface area contributed by atoms with Crippen molar-refractivity contribution in [2.45, 2.75) is 33.4 Å². The number of carbonyl (C=O) groups is 3. The molecule has 2 N–H and O–H groups in total. The molecule has 27 heavy (non-hydrogen) atoms. The summed E-state index contributed by atoms with van der Waals surface area (Å²) in [4.78, 5) is 35.4. The number of esters is 1. The molecule has 1 aromatic carbocycles. The Morgan fingerprint density at radius 3 is 2.52 bits per heavy atom. The van der Waals surface area contributed by atoms with E-state index >= 15 is 0 Å². The zero-order chi connectivity index (χ0) is 20.0. The van der Waals surface area contributed by atoms with Gasteiger partial charge in [0.2, 0.25) is 0 Å². The highest BCUT2D eigenvalue weighted by atomic mass is 35.5. The monoisotopic (exact) mass is 392 g/mol. The number of benzene rings is 1. The number of hydrogen-bond donors (Lipinski definition) is 2. The van der Waals surface area contributed by atoms with Crippen LogP contribution in [-0.2, 0) is 16.1 Å². The molecule has 0 aliphatic rings. The lowest BCUT2D eigenvalue weighted by Crippen LogP contribution is -2.44. The second-order valence-corrected chi connectivity index (χ2v) is 6.50. The van der Waals surface area contributed by atoms with Gasteiger partial charge in [-0.1, -0.05) is 41.9 Å². The second kappa shape index (κ2) is 9.18. The molecule has 0 saturated carbocycles. The van der Waals surface area contributed by atoms with E-state index in [0.717, 1.165) is 5.56 Å². The van der Waals surface area contributed by atoms with Crippen LogP contribution in [0, 0.1) is 6.92 Å². The van der Waals surface area contributed by atoms with E-state index in [4.69, 9.17) is 16.3 Å². The van der Waals surface area contributed by atoms with Crippen LogP contribution >= 0.6 is 11.6 Å². The van der Waals surface area contributed by atoms with Gasteiger partial charge < -0.3 is 10.1 Å². The molecular weight excluding hydrogens is 372 g/mol. The van der Waals surface area contributed by atoms with Gasteiger partial charge in [0, 0.05) is 6.04 Å². The Morgan fingerprint density at radius 1 is 1.22 bits per heavy atom. The van der Waals surface area contributed by atoms with Gasteiger partial charge in [0.05, 0.1) is 12.2 Å². The highest BCUT2D eigenvalue weighted by Crippen LogP contribution is 2.21. The molecule has 2 aromatic rings. The third kappa shape index (κ3) is 5.82. The number of aryl methyl sites for hydroxylation is 1. The fourth-order valence-corrected chi connectivity index (χ4v) is 2.62. The summed E-state index contributed by atoms with van der Waals surface area (Å²) in [6.07, 6.45) is 0. The molecule has 0 unspecified atom stereocenters. The number of aromatic nitrogens is 2. The van der Waals surface area contributed by atoms with Gasteiger partial charge in [0.25, 0.3) is 5.91 Å². The summed E-state index contributed by atoms with van der Waals surface area (Å²) in [5.41, 5.74) is 1.45. The number of urea groups is 1. The van der Waals surface area contributed by atoms with E-state index in [1.807, 2.05) is 30.3 Å². The van der Waals surface area contributed by atoms with Crippen LogP contribution in [0.1, 0.15) is 35.5 Å². The predicted octanol–water partition coefficient (Wildman–Crippen LogP) is 2.28. The van der Waals surface area contributed by atoms with E-state index in [0.29, 0.717) is 12.2 Å². The summed E-state index contributed by atoms with van der Waals surface area (Å²) in [6.45, 7) is 4.91. The van der Waals surface area contributed by atoms with Crippen molar-refractivity contribution in [3.05, 3.63) is 52.3 Å². The maximum Gasteiger partial charge on any atom is 0.343 e. The van der Waals surface area contributed by atoms with Gasteiger partial charge in [-0.2, -0.15) is 5.10 Å². The average Bonchev–Trinajstić information content (AvgIpc) is 2.86. The van der Waals surface area contributed by atoms with Crippen molar-refractivity contribution in [3.8, 4) is 0 Å². The summed E-state index contributed by atoms with van der Waals surface area (Å²) >= 11 is 6.27. The molecule has 0 fully saturated rings. The van der Waals surface area contributed by atoms with Crippen molar-refractivity contribution < 1.29 is 19.1 Å². The van der Waals surface area contributed by atoms with Crippen LogP contribution in [0.2, 0.25) is 5.15 Å². The number of rotatable bonds is 6. The number of hydrogen-bond acceptors (Lipinski definition) is 5. The van der Waals surface area contributed by atoms with Gasteiger partial charge in [-0.15, -0.1) is 0 Å². The number of halogens is 1. The van der Waals surface area contributed by atoms with Crippen LogP contribution in [0.4, 0.5) is 4.79 Å². The molecule has 0 radical (unpaired) electrons. The Bertz CT molecular complexity index is 833. The molecule has 2 rings (SSSR count). The third-order valence-corrected chi connectivity index (χ3v) is 3.84. The quantitative estimate of drug-likeness (QED) is 0.734. The smallest absolute Gasteiger partial charge is 0.343 e. The Hall–Kier alpha value is -2.87. The molecule has 3 amide bonds. The fourth-order valence-electron chi connectivity index (χ4n) is 2.31. The number of carbonyl (C=O) groups excluding carboxylic acids is 3. The first kappa shape index (κ1) is 20.4. The fraction of sp³-hybridized carbons (Fsp3) is 0.333. The normalized spacial score (nSPS) is 10.6. The Morgan fingerprint density at radius 2 is 1.89 bits per heavy atom. The van der Waals surface area contributed by atoms with E-state index in [1.165, 1.54) is 4.68 Å². The van der Waals surface area contributed by atoms with Gasteiger partial charge in [-0.25, -0.2) is 14.3 Å². The summed E-state index contributed by atoms with van der Waals surface area (Å²) < 4.78 is 6.44. The SMILES string of the molecule is Cc1nn(Cc2ccccc2)c(Cl)c1C(=O)OCC(=O)NC(=O)NC(C)C. The molecular formula is C18H21ClN4O4. The maximum atomic E-state index is 12.3. The maximum absolute atomic E-state index is 12.3. The summed E-state index contributed by atoms with van der Waals surface area (Å²) in [5, 5.41) is 8.94. The molecule has 8 nitrogen and oxygen atoms in total. The Kier molecular flexibility index (Phi) is 6.95. The van der Waals surface area contributed by atoms with Gasteiger partial charge in [0.1, 0.15) is 10.7 Å². The van der Waals surface area contributed by atoms with Gasteiger partial charge >= 0.3 is 12.0 Å². The van der Waals surface area contributed by atoms with Crippen molar-refractivity contribution >= 4 is 29.5 Å². The molecule has 0 saturated heterocycles. The van der Waals surface area contributed by atoms with Crippen molar-refractivity contribution in [2.24, 2.45) is 0 Å². The van der Waals surface area contributed by atoms with Crippen LogP contribution in [0.3, 0.4) is 0 Å². The van der Waals surface area contributed by atoms with E-state index < -0.39 is 24.5 Å². The molecule has 9 heteroatoms. The summed E-state index contributed by atoms with van der Waals surface area (Å²) in [7, 11) is 0. The van der Waals surface area contributed by atoms with Gasteiger partial charge in [-0.3, -0.25) is 10.1 Å². The lowest BCUT2D eigenvalue weighted by molar-refractivity contribution is -0.123. The molecule has 0 aliphatic carbocycles. The topological polar surface area (TPSA) is 102 Å². The number of nitrogens with one attached hydrogen (secondary N) is 2. The molecule has 1 aromatic heterocycles. The number of imide groups is 1. The van der Waals surface area contributed by atoms with Crippen molar-refractivity contribution in [1.29, 1.82) is 0 Å². The first-order valence-electron chi connectivity index (χ1n) is 8.32. The van der Waals surface area contributed by atoms with Gasteiger partial charge in [-0.05, 0) is 26.3 Å². The molecule has 0 bridgehead atoms. The minimum Gasteiger partial charge on any atom is -0.452 e. The van der Waals surface area contributed by atoms with Crippen LogP contribution in [0.25, 0.3) is 0 Å². The van der Waals surface area contributed by atoms with Crippen molar-refractivity contribution in [2.75, 3.05) is 6.61 Å². The van der Waals surface area contributed by atoms with Crippen LogP contribution in [0.5, 0.6) is 0 Å². The van der Waals surface area contributed by atoms with E-state index in [1.54, 1.807) is 20.8 Å². The number of nitrogens with zero attached hydrogens (tertiary/aromatic N) is 2. The van der Waals surface area contributed by atoms with Crippen LogP contribution in [-0.4, -0.2) is 40.3 Å². The predicted molar refractivity (Wildman–Crippen MR) is 99.6 cm³/mol.